The molecule has 0 fully saturated rings. The number of hydrogen-bond acceptors (Lipinski definition) is 1. The monoisotopic (exact) mass is 144 g/mol. The summed E-state index contributed by atoms with van der Waals surface area (Å²) in [5, 5.41) is 9.42. The minimum atomic E-state index is -0.243. The Balaban J connectivity index is 4.40. The first-order valence-corrected chi connectivity index (χ1v) is 3.87. The lowest BCUT2D eigenvalue weighted by molar-refractivity contribution is -0.0153. The van der Waals surface area contributed by atoms with Crippen molar-refractivity contribution < 1.29 is 5.11 Å². The van der Waals surface area contributed by atoms with Crippen molar-refractivity contribution in [3.8, 4) is 0 Å². The summed E-state index contributed by atoms with van der Waals surface area (Å²) in [6, 6.07) is 0. The van der Waals surface area contributed by atoms with Gasteiger partial charge in [-0.25, -0.2) is 0 Å². The average Bonchev–Trinajstić information content (AvgIpc) is 1.62. The van der Waals surface area contributed by atoms with Crippen LogP contribution in [-0.4, -0.2) is 11.2 Å². The SMILES string of the molecule is CC(O)C(C)(C)C(C)(C)C. The molecular formula is C9H20O. The molecular weight excluding hydrogens is 124 g/mol. The van der Waals surface area contributed by atoms with Crippen LogP contribution in [0.4, 0.5) is 0 Å². The van der Waals surface area contributed by atoms with Crippen molar-refractivity contribution in [3.05, 3.63) is 0 Å². The summed E-state index contributed by atoms with van der Waals surface area (Å²) >= 11 is 0. The Morgan fingerprint density at radius 1 is 1.00 bits per heavy atom. The van der Waals surface area contributed by atoms with Gasteiger partial charge in [0.1, 0.15) is 0 Å². The first-order valence-electron chi connectivity index (χ1n) is 3.87. The fraction of sp³-hybridized carbons (Fsp3) is 1.00. The smallest absolute Gasteiger partial charge is 0.0568 e. The summed E-state index contributed by atoms with van der Waals surface area (Å²) < 4.78 is 0. The van der Waals surface area contributed by atoms with E-state index in [2.05, 4.69) is 34.6 Å². The molecule has 0 saturated heterocycles. The van der Waals surface area contributed by atoms with Crippen LogP contribution in [0, 0.1) is 10.8 Å². The van der Waals surface area contributed by atoms with Crippen LogP contribution in [-0.2, 0) is 0 Å². The fourth-order valence-electron chi connectivity index (χ4n) is 0.627. The van der Waals surface area contributed by atoms with E-state index in [1.165, 1.54) is 0 Å². The molecule has 1 heteroatoms. The van der Waals surface area contributed by atoms with Crippen LogP contribution in [0.1, 0.15) is 41.5 Å². The van der Waals surface area contributed by atoms with Crippen molar-refractivity contribution in [2.45, 2.75) is 47.6 Å². The molecule has 0 heterocycles. The van der Waals surface area contributed by atoms with Crippen LogP contribution in [0.15, 0.2) is 0 Å². The minimum absolute atomic E-state index is 0.00694. The van der Waals surface area contributed by atoms with Gasteiger partial charge in [0, 0.05) is 0 Å². The summed E-state index contributed by atoms with van der Waals surface area (Å²) in [5.41, 5.74) is 0.161. The van der Waals surface area contributed by atoms with Crippen molar-refractivity contribution in [1.82, 2.24) is 0 Å². The molecule has 0 aliphatic heterocycles. The molecule has 10 heavy (non-hydrogen) atoms. The van der Waals surface area contributed by atoms with Crippen molar-refractivity contribution in [1.29, 1.82) is 0 Å². The highest BCUT2D eigenvalue weighted by Crippen LogP contribution is 2.40. The Kier molecular flexibility index (Phi) is 2.53. The van der Waals surface area contributed by atoms with E-state index >= 15 is 0 Å². The van der Waals surface area contributed by atoms with E-state index in [4.69, 9.17) is 0 Å². The van der Waals surface area contributed by atoms with E-state index in [0.717, 1.165) is 0 Å². The molecule has 0 aliphatic carbocycles. The van der Waals surface area contributed by atoms with Gasteiger partial charge in [0.15, 0.2) is 0 Å². The summed E-state index contributed by atoms with van der Waals surface area (Å²) in [5.74, 6) is 0. The lowest BCUT2D eigenvalue weighted by Crippen LogP contribution is -2.39. The highest BCUT2D eigenvalue weighted by atomic mass is 16.3. The topological polar surface area (TPSA) is 20.2 Å². The van der Waals surface area contributed by atoms with E-state index in [0.29, 0.717) is 0 Å². The van der Waals surface area contributed by atoms with Crippen LogP contribution in [0.3, 0.4) is 0 Å². The van der Waals surface area contributed by atoms with Gasteiger partial charge in [-0.15, -0.1) is 0 Å². The molecule has 0 aromatic rings. The molecule has 0 aliphatic rings. The highest BCUT2D eigenvalue weighted by molar-refractivity contribution is 4.86. The molecule has 1 atom stereocenters. The minimum Gasteiger partial charge on any atom is -0.393 e. The van der Waals surface area contributed by atoms with Crippen molar-refractivity contribution in [3.63, 3.8) is 0 Å². The maximum absolute atomic E-state index is 9.42. The zero-order chi connectivity index (χ0) is 8.58. The average molecular weight is 144 g/mol. The first-order chi connectivity index (χ1) is 4.19. The van der Waals surface area contributed by atoms with E-state index in [1.54, 1.807) is 0 Å². The van der Waals surface area contributed by atoms with Gasteiger partial charge in [-0.1, -0.05) is 34.6 Å². The maximum Gasteiger partial charge on any atom is 0.0568 e. The van der Waals surface area contributed by atoms with E-state index in [-0.39, 0.29) is 16.9 Å². The third-order valence-corrected chi connectivity index (χ3v) is 2.98. The summed E-state index contributed by atoms with van der Waals surface area (Å²) in [4.78, 5) is 0. The summed E-state index contributed by atoms with van der Waals surface area (Å²) in [6.45, 7) is 12.5. The molecule has 0 spiro atoms. The van der Waals surface area contributed by atoms with Crippen LogP contribution in [0.25, 0.3) is 0 Å². The van der Waals surface area contributed by atoms with E-state index in [9.17, 15) is 5.11 Å². The largest absolute Gasteiger partial charge is 0.393 e. The van der Waals surface area contributed by atoms with Gasteiger partial charge in [0.25, 0.3) is 0 Å². The zero-order valence-electron chi connectivity index (χ0n) is 8.02. The predicted octanol–water partition coefficient (Wildman–Crippen LogP) is 2.44. The molecule has 1 unspecified atom stereocenters. The second-order valence-electron chi connectivity index (χ2n) is 4.65. The highest BCUT2D eigenvalue weighted by Gasteiger charge is 2.36. The lowest BCUT2D eigenvalue weighted by atomic mass is 9.66. The number of aliphatic hydroxyl groups is 1. The lowest BCUT2D eigenvalue weighted by Gasteiger charge is -2.41. The van der Waals surface area contributed by atoms with Crippen LogP contribution >= 0.6 is 0 Å². The molecule has 0 rings (SSSR count). The number of aliphatic hydroxyl groups excluding tert-OH is 1. The normalized spacial score (nSPS) is 17.1. The Morgan fingerprint density at radius 2 is 1.30 bits per heavy atom. The van der Waals surface area contributed by atoms with Crippen molar-refractivity contribution in [2.75, 3.05) is 0 Å². The first kappa shape index (κ1) is 9.96. The molecule has 62 valence electrons. The van der Waals surface area contributed by atoms with Crippen LogP contribution in [0.2, 0.25) is 0 Å². The Hall–Kier alpha value is -0.0400. The number of hydrogen-bond donors (Lipinski definition) is 1. The van der Waals surface area contributed by atoms with Gasteiger partial charge in [-0.2, -0.15) is 0 Å². The van der Waals surface area contributed by atoms with Gasteiger partial charge >= 0.3 is 0 Å². The Labute approximate surface area is 64.5 Å². The molecule has 0 aromatic heterocycles. The third kappa shape index (κ3) is 1.72. The van der Waals surface area contributed by atoms with Crippen LogP contribution < -0.4 is 0 Å². The number of rotatable bonds is 1. The van der Waals surface area contributed by atoms with Gasteiger partial charge < -0.3 is 5.11 Å². The molecule has 1 nitrogen and oxygen atoms in total. The van der Waals surface area contributed by atoms with Gasteiger partial charge in [0.05, 0.1) is 6.10 Å². The van der Waals surface area contributed by atoms with E-state index in [1.807, 2.05) is 6.92 Å². The molecule has 0 bridgehead atoms. The third-order valence-electron chi connectivity index (χ3n) is 2.98. The van der Waals surface area contributed by atoms with Crippen LogP contribution in [0.5, 0.6) is 0 Å². The summed E-state index contributed by atoms with van der Waals surface area (Å²) in [6.07, 6.45) is -0.243. The standard InChI is InChI=1S/C9H20O/c1-7(10)9(5,6)8(2,3)4/h7,10H,1-6H3. The zero-order valence-corrected chi connectivity index (χ0v) is 8.02. The fourth-order valence-corrected chi connectivity index (χ4v) is 0.627. The molecule has 0 saturated carbocycles. The molecule has 0 radical (unpaired) electrons. The second-order valence-corrected chi connectivity index (χ2v) is 4.65. The summed E-state index contributed by atoms with van der Waals surface area (Å²) in [7, 11) is 0. The Morgan fingerprint density at radius 3 is 1.30 bits per heavy atom. The molecule has 0 aromatic carbocycles. The quantitative estimate of drug-likeness (QED) is 0.599. The maximum atomic E-state index is 9.42. The molecule has 0 amide bonds. The Bertz CT molecular complexity index is 106. The predicted molar refractivity (Wildman–Crippen MR) is 44.9 cm³/mol. The second kappa shape index (κ2) is 2.54. The van der Waals surface area contributed by atoms with Crippen molar-refractivity contribution in [2.24, 2.45) is 10.8 Å². The van der Waals surface area contributed by atoms with Gasteiger partial charge in [-0.3, -0.25) is 0 Å². The van der Waals surface area contributed by atoms with Crippen molar-refractivity contribution >= 4 is 0 Å². The molecule has 1 N–H and O–H groups in total. The van der Waals surface area contributed by atoms with E-state index < -0.39 is 0 Å². The van der Waals surface area contributed by atoms with Gasteiger partial charge in [0.2, 0.25) is 0 Å². The van der Waals surface area contributed by atoms with Gasteiger partial charge in [-0.05, 0) is 17.8 Å².